The molecule has 0 N–H and O–H groups in total. The molecule has 0 radical (unpaired) electrons. The Kier molecular flexibility index (Phi) is 11.4. The van der Waals surface area contributed by atoms with E-state index in [1.54, 1.807) is 24.4 Å². The first-order chi connectivity index (χ1) is 28.0. The first-order valence-corrected chi connectivity index (χ1v) is 20.0. The van der Waals surface area contributed by atoms with Crippen molar-refractivity contribution in [2.24, 2.45) is 0 Å². The van der Waals surface area contributed by atoms with Crippen molar-refractivity contribution in [2.75, 3.05) is 49.1 Å². The van der Waals surface area contributed by atoms with Crippen LogP contribution in [-0.4, -0.2) is 78.5 Å². The lowest BCUT2D eigenvalue weighted by Gasteiger charge is -2.43. The molecular weight excluding hydrogens is 742 g/mol. The van der Waals surface area contributed by atoms with Gasteiger partial charge in [-0.1, -0.05) is 66.7 Å². The van der Waals surface area contributed by atoms with Crippen molar-refractivity contribution in [3.63, 3.8) is 0 Å². The number of anilines is 2. The van der Waals surface area contributed by atoms with Crippen LogP contribution in [-0.2, 0) is 22.5 Å². The van der Waals surface area contributed by atoms with Gasteiger partial charge >= 0.3 is 7.12 Å². The third-order valence-corrected chi connectivity index (χ3v) is 11.9. The summed E-state index contributed by atoms with van der Waals surface area (Å²) in [6, 6.07) is 28.2. The summed E-state index contributed by atoms with van der Waals surface area (Å²) in [6.45, 7) is 12.0. The van der Waals surface area contributed by atoms with Crippen LogP contribution in [0.4, 0.5) is 24.7 Å². The number of aromatic nitrogens is 2. The van der Waals surface area contributed by atoms with E-state index in [4.69, 9.17) is 18.8 Å². The van der Waals surface area contributed by atoms with Crippen LogP contribution in [0.3, 0.4) is 0 Å². The van der Waals surface area contributed by atoms with Gasteiger partial charge in [0, 0.05) is 74.2 Å². The van der Waals surface area contributed by atoms with Crippen molar-refractivity contribution in [1.82, 2.24) is 14.9 Å². The highest BCUT2D eigenvalue weighted by Crippen LogP contribution is 2.38. The van der Waals surface area contributed by atoms with Crippen LogP contribution in [0, 0.1) is 17.5 Å². The number of ether oxygens (including phenoxy) is 2. The number of nitrogens with zero attached hydrogens (tertiary/aromatic N) is 5. The largest absolute Gasteiger partial charge is 0.497 e. The maximum Gasteiger partial charge on any atom is 0.497 e. The molecule has 58 heavy (non-hydrogen) atoms. The van der Waals surface area contributed by atoms with Gasteiger partial charge in [0.05, 0.1) is 16.9 Å². The van der Waals surface area contributed by atoms with Crippen molar-refractivity contribution in [1.29, 1.82) is 0 Å². The third kappa shape index (κ3) is 8.39. The molecule has 3 aliphatic heterocycles. The second-order valence-electron chi connectivity index (χ2n) is 16.2. The SMILES string of the molecule is CC1(C)OB(c2ccc(N3CCN(C4CCN(c5ncc(-c6ccc(OCc7ccccc7)nc6OCc6ccccc6)cc5F)CC4)CC3)c(F)c2F)OC1(C)C. The fraction of sp³-hybridized carbons (Fsp3) is 0.378. The Balaban J connectivity index is 0.883. The van der Waals surface area contributed by atoms with E-state index in [1.807, 2.05) is 104 Å². The minimum absolute atomic E-state index is 0.0689. The second kappa shape index (κ2) is 16.6. The molecule has 0 amide bonds. The molecule has 8 rings (SSSR count). The van der Waals surface area contributed by atoms with Crippen molar-refractivity contribution < 1.29 is 32.0 Å². The highest BCUT2D eigenvalue weighted by molar-refractivity contribution is 6.62. The molecule has 3 saturated heterocycles. The molecule has 9 nitrogen and oxygen atoms in total. The molecule has 0 saturated carbocycles. The van der Waals surface area contributed by atoms with Gasteiger partial charge in [-0.3, -0.25) is 4.90 Å². The quantitative estimate of drug-likeness (QED) is 0.125. The van der Waals surface area contributed by atoms with Crippen LogP contribution >= 0.6 is 0 Å². The van der Waals surface area contributed by atoms with Crippen LogP contribution < -0.4 is 24.7 Å². The minimum Gasteiger partial charge on any atom is -0.473 e. The first-order valence-electron chi connectivity index (χ1n) is 20.0. The highest BCUT2D eigenvalue weighted by atomic mass is 19.2. The van der Waals surface area contributed by atoms with Gasteiger partial charge in [-0.15, -0.1) is 0 Å². The molecular formula is C45H49BF3N5O4. The van der Waals surface area contributed by atoms with E-state index in [9.17, 15) is 0 Å². The lowest BCUT2D eigenvalue weighted by atomic mass is 9.78. The zero-order valence-electron chi connectivity index (χ0n) is 33.5. The molecule has 0 unspecified atom stereocenters. The lowest BCUT2D eigenvalue weighted by molar-refractivity contribution is 0.00578. The summed E-state index contributed by atoms with van der Waals surface area (Å²) >= 11 is 0. The van der Waals surface area contributed by atoms with Crippen molar-refractivity contribution >= 4 is 24.1 Å². The normalized spacial score (nSPS) is 18.4. The number of piperazine rings is 1. The Labute approximate surface area is 338 Å². The summed E-state index contributed by atoms with van der Waals surface area (Å²) in [5.41, 5.74) is 2.16. The Morgan fingerprint density at radius 3 is 1.95 bits per heavy atom. The number of pyridine rings is 2. The molecule has 0 bridgehead atoms. The van der Waals surface area contributed by atoms with Crippen LogP contribution in [0.5, 0.6) is 11.8 Å². The van der Waals surface area contributed by atoms with E-state index in [-0.39, 0.29) is 17.8 Å². The first kappa shape index (κ1) is 39.7. The maximum atomic E-state index is 15.9. The van der Waals surface area contributed by atoms with Gasteiger partial charge in [0.15, 0.2) is 23.3 Å². The Bertz CT molecular complexity index is 2180. The van der Waals surface area contributed by atoms with Crippen LogP contribution in [0.1, 0.15) is 51.7 Å². The number of rotatable bonds is 11. The summed E-state index contributed by atoms with van der Waals surface area (Å²) in [5.74, 6) is -1.19. The predicted molar refractivity (Wildman–Crippen MR) is 220 cm³/mol. The van der Waals surface area contributed by atoms with Crippen molar-refractivity contribution in [2.45, 2.75) is 71.0 Å². The van der Waals surface area contributed by atoms with Gasteiger partial charge < -0.3 is 28.6 Å². The van der Waals surface area contributed by atoms with E-state index in [1.165, 1.54) is 6.07 Å². The average Bonchev–Trinajstić information content (AvgIpc) is 3.46. The van der Waals surface area contributed by atoms with Crippen LogP contribution in [0.2, 0.25) is 0 Å². The van der Waals surface area contributed by atoms with E-state index in [0.29, 0.717) is 80.6 Å². The van der Waals surface area contributed by atoms with Gasteiger partial charge in [-0.05, 0) is 69.9 Å². The lowest BCUT2D eigenvalue weighted by Crippen LogP contribution is -2.53. The summed E-state index contributed by atoms with van der Waals surface area (Å²) < 4.78 is 71.0. The number of halogens is 3. The molecule has 0 atom stereocenters. The molecule has 0 spiro atoms. The third-order valence-electron chi connectivity index (χ3n) is 11.9. The molecule has 13 heteroatoms. The standard InChI is InChI=1S/C45H49BF3N5O4/c1-44(2)45(3,4)58-46(57-44)36-16-17-38(41(49)40(36)48)53-25-23-52(24-26-53)34-19-21-54(22-20-34)42-37(47)27-33(28-50-42)35-15-18-39(55-29-31-11-7-5-8-12-31)51-43(35)56-30-32-13-9-6-10-14-32/h5-18,27-28,34H,19-26,29-30H2,1-4H3. The smallest absolute Gasteiger partial charge is 0.473 e. The fourth-order valence-corrected chi connectivity index (χ4v) is 7.82. The number of benzene rings is 3. The fourth-order valence-electron chi connectivity index (χ4n) is 7.82. The molecule has 3 aliphatic rings. The van der Waals surface area contributed by atoms with Gasteiger partial charge in [-0.2, -0.15) is 4.98 Å². The highest BCUT2D eigenvalue weighted by Gasteiger charge is 2.52. The zero-order chi connectivity index (χ0) is 40.4. The van der Waals surface area contributed by atoms with Gasteiger partial charge in [-0.25, -0.2) is 18.2 Å². The number of piperidine rings is 1. The van der Waals surface area contributed by atoms with E-state index < -0.39 is 35.8 Å². The topological polar surface area (TPSA) is 72.4 Å². The zero-order valence-corrected chi connectivity index (χ0v) is 33.5. The monoisotopic (exact) mass is 791 g/mol. The maximum absolute atomic E-state index is 15.9. The Morgan fingerprint density at radius 1 is 0.707 bits per heavy atom. The summed E-state index contributed by atoms with van der Waals surface area (Å²) in [6.07, 6.45) is 3.34. The van der Waals surface area contributed by atoms with Crippen LogP contribution in [0.25, 0.3) is 11.1 Å². The average molecular weight is 792 g/mol. The Hall–Kier alpha value is -5.11. The van der Waals surface area contributed by atoms with Gasteiger partial charge in [0.25, 0.3) is 0 Å². The molecule has 2 aromatic heterocycles. The molecule has 5 aromatic rings. The number of hydrogen-bond acceptors (Lipinski definition) is 9. The summed E-state index contributed by atoms with van der Waals surface area (Å²) in [7, 11) is -0.976. The summed E-state index contributed by atoms with van der Waals surface area (Å²) in [4.78, 5) is 15.6. The molecule has 0 aliphatic carbocycles. The van der Waals surface area contributed by atoms with E-state index in [2.05, 4.69) is 14.9 Å². The van der Waals surface area contributed by atoms with E-state index >= 15 is 13.2 Å². The van der Waals surface area contributed by atoms with Gasteiger partial charge in [0.2, 0.25) is 11.8 Å². The van der Waals surface area contributed by atoms with Crippen LogP contribution in [0.15, 0.2) is 97.2 Å². The molecule has 3 fully saturated rings. The second-order valence-corrected chi connectivity index (χ2v) is 16.2. The summed E-state index contributed by atoms with van der Waals surface area (Å²) in [5, 5.41) is 0. The van der Waals surface area contributed by atoms with Gasteiger partial charge in [0.1, 0.15) is 13.2 Å². The van der Waals surface area contributed by atoms with E-state index in [0.717, 1.165) is 24.0 Å². The Morgan fingerprint density at radius 2 is 1.33 bits per heavy atom. The predicted octanol–water partition coefficient (Wildman–Crippen LogP) is 7.81. The molecule has 5 heterocycles. The van der Waals surface area contributed by atoms with Crippen molar-refractivity contribution in [3.05, 3.63) is 126 Å². The molecule has 3 aromatic carbocycles. The molecule has 302 valence electrons. The number of hydrogen-bond donors (Lipinski definition) is 0. The minimum atomic E-state index is -0.976. The van der Waals surface area contributed by atoms with Crippen molar-refractivity contribution in [3.8, 4) is 22.9 Å².